The van der Waals surface area contributed by atoms with Crippen LogP contribution in [0.5, 0.6) is 0 Å². The highest BCUT2D eigenvalue weighted by atomic mass is 35.5. The molecule has 0 radical (unpaired) electrons. The predicted molar refractivity (Wildman–Crippen MR) is 76.1 cm³/mol. The quantitative estimate of drug-likeness (QED) is 0.728. The number of amides is 3. The molecule has 0 aromatic carbocycles. The van der Waals surface area contributed by atoms with E-state index in [0.29, 0.717) is 6.42 Å². The van der Waals surface area contributed by atoms with E-state index in [1.807, 2.05) is 0 Å². The zero-order valence-corrected chi connectivity index (χ0v) is 12.6. The third-order valence-electron chi connectivity index (χ3n) is 3.86. The molecule has 2 fully saturated rings. The van der Waals surface area contributed by atoms with E-state index in [4.69, 9.17) is 5.73 Å². The molecule has 1 saturated heterocycles. The van der Waals surface area contributed by atoms with Gasteiger partial charge in [-0.15, -0.1) is 12.4 Å². The molecule has 3 N–H and O–H groups in total. The van der Waals surface area contributed by atoms with E-state index in [0.717, 1.165) is 12.8 Å². The molecule has 0 bridgehead atoms. The van der Waals surface area contributed by atoms with E-state index in [-0.39, 0.29) is 54.6 Å². The summed E-state index contributed by atoms with van der Waals surface area (Å²) in [5, 5.41) is 2.70. The molecule has 6 nitrogen and oxygen atoms in total. The average Bonchev–Trinajstić information content (AvgIpc) is 2.84. The van der Waals surface area contributed by atoms with Gasteiger partial charge in [-0.3, -0.25) is 19.3 Å². The van der Waals surface area contributed by atoms with Crippen LogP contribution in [0.4, 0.5) is 0 Å². The molecule has 1 heterocycles. The Balaban J connectivity index is 0.00000200. The predicted octanol–water partition coefficient (Wildman–Crippen LogP) is 0.188. The molecule has 3 atom stereocenters. The van der Waals surface area contributed by atoms with Crippen molar-refractivity contribution in [3.05, 3.63) is 0 Å². The molecule has 20 heavy (non-hydrogen) atoms. The topological polar surface area (TPSA) is 92.5 Å². The van der Waals surface area contributed by atoms with Crippen molar-refractivity contribution < 1.29 is 14.4 Å². The van der Waals surface area contributed by atoms with Gasteiger partial charge in [-0.2, -0.15) is 0 Å². The van der Waals surface area contributed by atoms with E-state index in [1.165, 1.54) is 4.90 Å². The zero-order valence-electron chi connectivity index (χ0n) is 11.8. The Kier molecular flexibility index (Phi) is 5.53. The van der Waals surface area contributed by atoms with Crippen molar-refractivity contribution in [2.24, 2.45) is 11.7 Å². The molecule has 2 rings (SSSR count). The molecule has 3 amide bonds. The van der Waals surface area contributed by atoms with Gasteiger partial charge in [-0.25, -0.2) is 0 Å². The average molecular weight is 304 g/mol. The number of nitrogens with two attached hydrogens (primary N) is 1. The Morgan fingerprint density at radius 1 is 1.35 bits per heavy atom. The van der Waals surface area contributed by atoms with Crippen molar-refractivity contribution in [2.75, 3.05) is 0 Å². The largest absolute Gasteiger partial charge is 0.344 e. The van der Waals surface area contributed by atoms with E-state index >= 15 is 0 Å². The zero-order chi connectivity index (χ0) is 14.2. The molecule has 0 aromatic rings. The normalized spacial score (nSPS) is 29.8. The first kappa shape index (κ1) is 16.9. The summed E-state index contributed by atoms with van der Waals surface area (Å²) < 4.78 is 0. The van der Waals surface area contributed by atoms with Crippen molar-refractivity contribution in [3.63, 3.8) is 0 Å². The van der Waals surface area contributed by atoms with Crippen LogP contribution < -0.4 is 11.1 Å². The first-order chi connectivity index (χ1) is 8.90. The molecule has 0 spiro atoms. The summed E-state index contributed by atoms with van der Waals surface area (Å²) in [5.41, 5.74) is 5.77. The maximum absolute atomic E-state index is 12.0. The highest BCUT2D eigenvalue weighted by Crippen LogP contribution is 2.25. The van der Waals surface area contributed by atoms with Crippen molar-refractivity contribution in [1.29, 1.82) is 0 Å². The maximum atomic E-state index is 12.0. The molecule has 1 aliphatic carbocycles. The van der Waals surface area contributed by atoms with Gasteiger partial charge in [-0.1, -0.05) is 0 Å². The van der Waals surface area contributed by atoms with Crippen LogP contribution in [0.25, 0.3) is 0 Å². The standard InChI is InChI=1S/C13H21N3O3.ClH/c1-7(2)16-11(17)6-10(13(16)19)15-12(18)8-3-4-9(14)5-8;/h7-10H,3-6,14H2,1-2H3,(H,15,18);1H. The van der Waals surface area contributed by atoms with Crippen molar-refractivity contribution in [1.82, 2.24) is 10.2 Å². The Morgan fingerprint density at radius 3 is 2.45 bits per heavy atom. The van der Waals surface area contributed by atoms with Crippen molar-refractivity contribution >= 4 is 30.1 Å². The van der Waals surface area contributed by atoms with Crippen LogP contribution in [0.2, 0.25) is 0 Å². The first-order valence-corrected chi connectivity index (χ1v) is 6.82. The number of hydrogen-bond donors (Lipinski definition) is 2. The van der Waals surface area contributed by atoms with Gasteiger partial charge in [0.15, 0.2) is 0 Å². The molecular weight excluding hydrogens is 282 g/mol. The number of hydrogen-bond acceptors (Lipinski definition) is 4. The second kappa shape index (κ2) is 6.54. The van der Waals surface area contributed by atoms with Crippen LogP contribution in [0.3, 0.4) is 0 Å². The van der Waals surface area contributed by atoms with Crippen LogP contribution >= 0.6 is 12.4 Å². The molecule has 1 aliphatic heterocycles. The molecule has 3 unspecified atom stereocenters. The summed E-state index contributed by atoms with van der Waals surface area (Å²) in [6.45, 7) is 3.58. The van der Waals surface area contributed by atoms with Gasteiger partial charge >= 0.3 is 0 Å². The van der Waals surface area contributed by atoms with Crippen LogP contribution in [0.1, 0.15) is 39.5 Å². The smallest absolute Gasteiger partial charge is 0.252 e. The van der Waals surface area contributed by atoms with Gasteiger partial charge < -0.3 is 11.1 Å². The van der Waals surface area contributed by atoms with Crippen LogP contribution in [-0.2, 0) is 14.4 Å². The fraction of sp³-hybridized carbons (Fsp3) is 0.769. The SMILES string of the molecule is CC(C)N1C(=O)CC(NC(=O)C2CCC(N)C2)C1=O.Cl. The fourth-order valence-electron chi connectivity index (χ4n) is 2.85. The number of carbonyl (C=O) groups is 3. The minimum Gasteiger partial charge on any atom is -0.344 e. The highest BCUT2D eigenvalue weighted by Gasteiger charge is 2.41. The van der Waals surface area contributed by atoms with E-state index in [1.54, 1.807) is 13.8 Å². The van der Waals surface area contributed by atoms with Gasteiger partial charge in [0.25, 0.3) is 5.91 Å². The molecule has 114 valence electrons. The molecule has 7 heteroatoms. The summed E-state index contributed by atoms with van der Waals surface area (Å²) in [6.07, 6.45) is 2.33. The summed E-state index contributed by atoms with van der Waals surface area (Å²) in [7, 11) is 0. The van der Waals surface area contributed by atoms with E-state index in [2.05, 4.69) is 5.32 Å². The Morgan fingerprint density at radius 2 is 2.00 bits per heavy atom. The number of likely N-dealkylation sites (tertiary alicyclic amines) is 1. The lowest BCUT2D eigenvalue weighted by molar-refractivity contribution is -0.141. The van der Waals surface area contributed by atoms with Crippen molar-refractivity contribution in [3.8, 4) is 0 Å². The Labute approximate surface area is 124 Å². The van der Waals surface area contributed by atoms with E-state index < -0.39 is 6.04 Å². The lowest BCUT2D eigenvalue weighted by atomic mass is 10.1. The minimum atomic E-state index is -0.695. The lowest BCUT2D eigenvalue weighted by Crippen LogP contribution is -2.45. The van der Waals surface area contributed by atoms with Crippen LogP contribution in [0, 0.1) is 5.92 Å². The van der Waals surface area contributed by atoms with Crippen molar-refractivity contribution in [2.45, 2.75) is 57.7 Å². The number of nitrogens with zero attached hydrogens (tertiary/aromatic N) is 1. The molecular formula is C13H22ClN3O3. The molecule has 2 aliphatic rings. The van der Waals surface area contributed by atoms with Gasteiger partial charge in [0.2, 0.25) is 11.8 Å². The van der Waals surface area contributed by atoms with Gasteiger partial charge in [-0.05, 0) is 33.1 Å². The van der Waals surface area contributed by atoms with Gasteiger partial charge in [0.05, 0.1) is 6.42 Å². The second-order valence-corrected chi connectivity index (χ2v) is 5.73. The Hall–Kier alpha value is -1.14. The number of carbonyl (C=O) groups excluding carboxylic acids is 3. The van der Waals surface area contributed by atoms with Crippen LogP contribution in [0.15, 0.2) is 0 Å². The van der Waals surface area contributed by atoms with Gasteiger partial charge in [0, 0.05) is 18.0 Å². The lowest BCUT2D eigenvalue weighted by Gasteiger charge is -2.19. The Bertz CT molecular complexity index is 414. The fourth-order valence-corrected chi connectivity index (χ4v) is 2.85. The third kappa shape index (κ3) is 3.30. The number of rotatable bonds is 3. The number of imide groups is 1. The summed E-state index contributed by atoms with van der Waals surface area (Å²) in [5.74, 6) is -0.778. The molecule has 1 saturated carbocycles. The number of halogens is 1. The highest BCUT2D eigenvalue weighted by molar-refractivity contribution is 6.07. The monoisotopic (exact) mass is 303 g/mol. The molecule has 0 aromatic heterocycles. The maximum Gasteiger partial charge on any atom is 0.252 e. The first-order valence-electron chi connectivity index (χ1n) is 6.82. The number of nitrogens with one attached hydrogen (secondary N) is 1. The summed E-state index contributed by atoms with van der Waals surface area (Å²) >= 11 is 0. The second-order valence-electron chi connectivity index (χ2n) is 5.73. The minimum absolute atomic E-state index is 0. The van der Waals surface area contributed by atoms with E-state index in [9.17, 15) is 14.4 Å². The summed E-state index contributed by atoms with van der Waals surface area (Å²) in [6, 6.07) is -0.787. The van der Waals surface area contributed by atoms with Gasteiger partial charge in [0.1, 0.15) is 6.04 Å². The third-order valence-corrected chi connectivity index (χ3v) is 3.86. The van der Waals surface area contributed by atoms with Crippen LogP contribution in [-0.4, -0.2) is 40.7 Å². The summed E-state index contributed by atoms with van der Waals surface area (Å²) in [4.78, 5) is 37.0.